The molecule has 0 bridgehead atoms. The molecule has 0 radical (unpaired) electrons. The van der Waals surface area contributed by atoms with Crippen LogP contribution in [-0.2, 0) is 6.42 Å². The van der Waals surface area contributed by atoms with Gasteiger partial charge in [0.05, 0.1) is 10.0 Å². The monoisotopic (exact) mass is 337 g/mol. The smallest absolute Gasteiger partial charge is 0.258 e. The summed E-state index contributed by atoms with van der Waals surface area (Å²) < 4.78 is 13.4. The first kappa shape index (κ1) is 15.3. The number of anilines is 1. The normalized spacial score (nSPS) is 17.3. The number of nitrogens with zero attached hydrogens (tertiary/aromatic N) is 1. The number of hydrogen-bond acceptors (Lipinski definition) is 1. The molecular formula is C17H14Cl2FNO. The SMILES string of the molecule is C[C@H]1CCc2cc(F)ccc2N1C(=O)c1ccc(Cl)c(Cl)c1. The van der Waals surface area contributed by atoms with Crippen LogP contribution in [-0.4, -0.2) is 11.9 Å². The first-order valence-electron chi connectivity index (χ1n) is 7.04. The van der Waals surface area contributed by atoms with Crippen LogP contribution in [0.25, 0.3) is 0 Å². The fraction of sp³-hybridized carbons (Fsp3) is 0.235. The van der Waals surface area contributed by atoms with Gasteiger partial charge in [-0.05, 0) is 61.7 Å². The highest BCUT2D eigenvalue weighted by Crippen LogP contribution is 2.33. The lowest BCUT2D eigenvalue weighted by Gasteiger charge is -2.35. The third-order valence-corrected chi connectivity index (χ3v) is 4.70. The molecule has 3 rings (SSSR count). The Kier molecular flexibility index (Phi) is 4.11. The second kappa shape index (κ2) is 5.90. The van der Waals surface area contributed by atoms with E-state index in [4.69, 9.17) is 23.2 Å². The maximum absolute atomic E-state index is 13.4. The number of benzene rings is 2. The second-order valence-electron chi connectivity index (χ2n) is 5.46. The zero-order valence-electron chi connectivity index (χ0n) is 11.9. The Balaban J connectivity index is 2.03. The summed E-state index contributed by atoms with van der Waals surface area (Å²) in [6.45, 7) is 1.99. The average molecular weight is 338 g/mol. The van der Waals surface area contributed by atoms with Gasteiger partial charge in [-0.15, -0.1) is 0 Å². The maximum Gasteiger partial charge on any atom is 0.258 e. The Labute approximate surface area is 138 Å². The summed E-state index contributed by atoms with van der Waals surface area (Å²) in [6.07, 6.45) is 1.56. The predicted octanol–water partition coefficient (Wildman–Crippen LogP) is 5.11. The molecule has 5 heteroatoms. The Hall–Kier alpha value is -1.58. The van der Waals surface area contributed by atoms with Crippen molar-refractivity contribution in [2.45, 2.75) is 25.8 Å². The minimum Gasteiger partial charge on any atom is -0.305 e. The van der Waals surface area contributed by atoms with Crippen molar-refractivity contribution in [3.63, 3.8) is 0 Å². The van der Waals surface area contributed by atoms with Gasteiger partial charge in [-0.1, -0.05) is 23.2 Å². The van der Waals surface area contributed by atoms with Crippen molar-refractivity contribution in [1.82, 2.24) is 0 Å². The summed E-state index contributed by atoms with van der Waals surface area (Å²) >= 11 is 11.9. The molecule has 2 aromatic carbocycles. The van der Waals surface area contributed by atoms with Crippen molar-refractivity contribution in [2.75, 3.05) is 4.90 Å². The van der Waals surface area contributed by atoms with E-state index >= 15 is 0 Å². The highest BCUT2D eigenvalue weighted by Gasteiger charge is 2.29. The van der Waals surface area contributed by atoms with Crippen molar-refractivity contribution in [3.8, 4) is 0 Å². The lowest BCUT2D eigenvalue weighted by molar-refractivity contribution is 0.0975. The lowest BCUT2D eigenvalue weighted by atomic mass is 9.95. The van der Waals surface area contributed by atoms with Crippen LogP contribution in [0.3, 0.4) is 0 Å². The number of hydrogen-bond donors (Lipinski definition) is 0. The number of amides is 1. The molecule has 22 heavy (non-hydrogen) atoms. The summed E-state index contributed by atoms with van der Waals surface area (Å²) in [5.41, 5.74) is 2.08. The van der Waals surface area contributed by atoms with Crippen LogP contribution in [0, 0.1) is 5.82 Å². The third-order valence-electron chi connectivity index (χ3n) is 3.96. The Bertz CT molecular complexity index is 747. The maximum atomic E-state index is 13.4. The van der Waals surface area contributed by atoms with E-state index in [2.05, 4.69) is 0 Å². The van der Waals surface area contributed by atoms with Crippen LogP contribution in [0.15, 0.2) is 36.4 Å². The zero-order chi connectivity index (χ0) is 15.9. The Morgan fingerprint density at radius 1 is 1.18 bits per heavy atom. The molecule has 0 aliphatic carbocycles. The molecule has 1 atom stereocenters. The van der Waals surface area contributed by atoms with Crippen molar-refractivity contribution < 1.29 is 9.18 Å². The Morgan fingerprint density at radius 2 is 1.95 bits per heavy atom. The highest BCUT2D eigenvalue weighted by atomic mass is 35.5. The van der Waals surface area contributed by atoms with Crippen LogP contribution in [0.1, 0.15) is 29.3 Å². The number of fused-ring (bicyclic) bond motifs is 1. The van der Waals surface area contributed by atoms with Crippen molar-refractivity contribution in [1.29, 1.82) is 0 Å². The van der Waals surface area contributed by atoms with Gasteiger partial charge in [0.1, 0.15) is 5.82 Å². The molecular weight excluding hydrogens is 324 g/mol. The first-order valence-corrected chi connectivity index (χ1v) is 7.80. The molecule has 0 aromatic heterocycles. The molecule has 114 valence electrons. The number of carbonyl (C=O) groups is 1. The molecule has 1 aliphatic rings. The highest BCUT2D eigenvalue weighted by molar-refractivity contribution is 6.42. The summed E-state index contributed by atoms with van der Waals surface area (Å²) in [5, 5.41) is 0.754. The van der Waals surface area contributed by atoms with Crippen LogP contribution >= 0.6 is 23.2 Å². The number of carbonyl (C=O) groups excluding carboxylic acids is 1. The van der Waals surface area contributed by atoms with Gasteiger partial charge in [0.25, 0.3) is 5.91 Å². The van der Waals surface area contributed by atoms with E-state index in [1.54, 1.807) is 29.2 Å². The van der Waals surface area contributed by atoms with Gasteiger partial charge in [0.15, 0.2) is 0 Å². The van der Waals surface area contributed by atoms with E-state index in [9.17, 15) is 9.18 Å². The summed E-state index contributed by atoms with van der Waals surface area (Å²) in [6, 6.07) is 9.41. The van der Waals surface area contributed by atoms with Gasteiger partial charge < -0.3 is 4.90 Å². The van der Waals surface area contributed by atoms with Crippen LogP contribution in [0.5, 0.6) is 0 Å². The molecule has 1 aliphatic heterocycles. The molecule has 0 saturated heterocycles. The molecule has 0 fully saturated rings. The van der Waals surface area contributed by atoms with Gasteiger partial charge in [0.2, 0.25) is 0 Å². The van der Waals surface area contributed by atoms with E-state index in [1.807, 2.05) is 6.92 Å². The molecule has 0 saturated carbocycles. The number of rotatable bonds is 1. The van der Waals surface area contributed by atoms with Crippen molar-refractivity contribution >= 4 is 34.8 Å². The zero-order valence-corrected chi connectivity index (χ0v) is 13.5. The molecule has 0 spiro atoms. The molecule has 0 unspecified atom stereocenters. The van der Waals surface area contributed by atoms with Gasteiger partial charge in [-0.3, -0.25) is 4.79 Å². The van der Waals surface area contributed by atoms with E-state index in [1.165, 1.54) is 12.1 Å². The second-order valence-corrected chi connectivity index (χ2v) is 6.28. The van der Waals surface area contributed by atoms with E-state index in [0.29, 0.717) is 15.6 Å². The molecule has 2 aromatic rings. The van der Waals surface area contributed by atoms with Crippen molar-refractivity contribution in [2.24, 2.45) is 0 Å². The fourth-order valence-corrected chi connectivity index (χ4v) is 3.10. The largest absolute Gasteiger partial charge is 0.305 e. The van der Waals surface area contributed by atoms with Crippen LogP contribution < -0.4 is 4.90 Å². The summed E-state index contributed by atoms with van der Waals surface area (Å²) in [4.78, 5) is 14.6. The Morgan fingerprint density at radius 3 is 2.68 bits per heavy atom. The number of aryl methyl sites for hydroxylation is 1. The minimum absolute atomic E-state index is 0.0416. The molecule has 2 nitrogen and oxygen atoms in total. The van der Waals surface area contributed by atoms with Gasteiger partial charge in [-0.2, -0.15) is 0 Å². The minimum atomic E-state index is -0.282. The van der Waals surface area contributed by atoms with Crippen LogP contribution in [0.4, 0.5) is 10.1 Å². The molecule has 1 amide bonds. The average Bonchev–Trinajstić information content (AvgIpc) is 2.49. The van der Waals surface area contributed by atoms with Gasteiger partial charge >= 0.3 is 0 Å². The van der Waals surface area contributed by atoms with Crippen LogP contribution in [0.2, 0.25) is 10.0 Å². The molecule has 1 heterocycles. The van der Waals surface area contributed by atoms with E-state index in [-0.39, 0.29) is 17.8 Å². The quantitative estimate of drug-likeness (QED) is 0.707. The van der Waals surface area contributed by atoms with E-state index < -0.39 is 0 Å². The summed E-state index contributed by atoms with van der Waals surface area (Å²) in [7, 11) is 0. The fourth-order valence-electron chi connectivity index (χ4n) is 2.80. The number of halogens is 3. The third kappa shape index (κ3) is 2.71. The van der Waals surface area contributed by atoms with E-state index in [0.717, 1.165) is 24.1 Å². The molecule has 0 N–H and O–H groups in total. The van der Waals surface area contributed by atoms with Gasteiger partial charge in [-0.25, -0.2) is 4.39 Å². The van der Waals surface area contributed by atoms with Crippen molar-refractivity contribution in [3.05, 3.63) is 63.4 Å². The van der Waals surface area contributed by atoms with Gasteiger partial charge in [0, 0.05) is 17.3 Å². The summed E-state index contributed by atoms with van der Waals surface area (Å²) in [5.74, 6) is -0.436. The standard InChI is InChI=1S/C17H14Cl2FNO/c1-10-2-3-11-8-13(20)5-7-16(11)21(10)17(22)12-4-6-14(18)15(19)9-12/h4-10H,2-3H2,1H3/t10-/m0/s1. The topological polar surface area (TPSA) is 20.3 Å². The first-order chi connectivity index (χ1) is 10.5. The predicted molar refractivity (Wildman–Crippen MR) is 87.5 cm³/mol. The lowest BCUT2D eigenvalue weighted by Crippen LogP contribution is -2.42.